The molecule has 3 N–H and O–H groups in total. The predicted molar refractivity (Wildman–Crippen MR) is 63.9 cm³/mol. The second kappa shape index (κ2) is 6.62. The summed E-state index contributed by atoms with van der Waals surface area (Å²) in [5, 5.41) is 22.5. The first-order valence-electron chi connectivity index (χ1n) is 5.32. The molecule has 1 atom stereocenters. The molecule has 0 aliphatic carbocycles. The van der Waals surface area contributed by atoms with Crippen LogP contribution in [-0.4, -0.2) is 28.8 Å². The lowest BCUT2D eigenvalue weighted by atomic mass is 10.1. The van der Waals surface area contributed by atoms with Crippen molar-refractivity contribution in [2.45, 2.75) is 32.4 Å². The molecule has 0 aromatic carbocycles. The summed E-state index contributed by atoms with van der Waals surface area (Å²) in [6.07, 6.45) is 1.69. The second-order valence-corrected chi connectivity index (χ2v) is 4.60. The van der Waals surface area contributed by atoms with Crippen molar-refractivity contribution < 1.29 is 15.0 Å². The van der Waals surface area contributed by atoms with E-state index < -0.39 is 5.97 Å². The molecule has 0 fully saturated rings. The first-order chi connectivity index (χ1) is 7.67. The number of nitrogens with one attached hydrogen (secondary N) is 1. The van der Waals surface area contributed by atoms with E-state index in [2.05, 4.69) is 12.2 Å². The van der Waals surface area contributed by atoms with Gasteiger partial charge in [-0.3, -0.25) is 0 Å². The number of aliphatic hydroxyl groups excluding tert-OH is 1. The monoisotopic (exact) mass is 243 g/mol. The summed E-state index contributed by atoms with van der Waals surface area (Å²) in [6, 6.07) is 1.98. The summed E-state index contributed by atoms with van der Waals surface area (Å²) in [5.41, 5.74) is 0.344. The van der Waals surface area contributed by atoms with Crippen LogP contribution in [0.25, 0.3) is 0 Å². The zero-order chi connectivity index (χ0) is 12.0. The van der Waals surface area contributed by atoms with Crippen molar-refractivity contribution in [1.82, 2.24) is 5.32 Å². The van der Waals surface area contributed by atoms with Crippen LogP contribution >= 0.6 is 11.3 Å². The quantitative estimate of drug-likeness (QED) is 0.681. The van der Waals surface area contributed by atoms with E-state index in [9.17, 15) is 4.79 Å². The Hall–Kier alpha value is -0.910. The normalized spacial score (nSPS) is 12.6. The van der Waals surface area contributed by atoms with Crippen LogP contribution in [0.1, 0.15) is 35.0 Å². The lowest BCUT2D eigenvalue weighted by molar-refractivity contribution is 0.0697. The molecule has 0 saturated heterocycles. The molecule has 1 rings (SSSR count). The van der Waals surface area contributed by atoms with E-state index in [-0.39, 0.29) is 6.61 Å². The third kappa shape index (κ3) is 3.92. The Morgan fingerprint density at radius 1 is 1.62 bits per heavy atom. The van der Waals surface area contributed by atoms with Gasteiger partial charge in [0.2, 0.25) is 0 Å². The molecule has 0 aliphatic heterocycles. The molecule has 0 amide bonds. The van der Waals surface area contributed by atoms with Crippen LogP contribution in [0.3, 0.4) is 0 Å². The van der Waals surface area contributed by atoms with Crippen LogP contribution in [0.4, 0.5) is 0 Å². The number of carboxylic acids is 1. The second-order valence-electron chi connectivity index (χ2n) is 3.61. The molecule has 0 bridgehead atoms. The fourth-order valence-corrected chi connectivity index (χ4v) is 2.25. The molecule has 0 radical (unpaired) electrons. The average Bonchev–Trinajstić information content (AvgIpc) is 2.73. The smallest absolute Gasteiger partial charge is 0.336 e. The van der Waals surface area contributed by atoms with Gasteiger partial charge in [-0.25, -0.2) is 4.79 Å². The minimum atomic E-state index is -0.884. The SMILES string of the molecule is CCC(CCO)NCc1cc(C(=O)O)cs1. The molecule has 1 unspecified atom stereocenters. The third-order valence-corrected chi connectivity index (χ3v) is 3.37. The minimum absolute atomic E-state index is 0.177. The fourth-order valence-electron chi connectivity index (χ4n) is 1.44. The molecule has 0 spiro atoms. The number of carbonyl (C=O) groups is 1. The van der Waals surface area contributed by atoms with Crippen molar-refractivity contribution in [3.8, 4) is 0 Å². The topological polar surface area (TPSA) is 69.6 Å². The Morgan fingerprint density at radius 3 is 2.88 bits per heavy atom. The molecule has 1 aromatic heterocycles. The van der Waals surface area contributed by atoms with Crippen LogP contribution in [-0.2, 0) is 6.54 Å². The standard InChI is InChI=1S/C11H17NO3S/c1-2-9(3-4-13)12-6-10-5-8(7-16-10)11(14)15/h5,7,9,12-13H,2-4,6H2,1H3,(H,14,15). The Morgan fingerprint density at radius 2 is 2.38 bits per heavy atom. The highest BCUT2D eigenvalue weighted by atomic mass is 32.1. The van der Waals surface area contributed by atoms with E-state index in [1.807, 2.05) is 0 Å². The first-order valence-corrected chi connectivity index (χ1v) is 6.20. The van der Waals surface area contributed by atoms with E-state index >= 15 is 0 Å². The molecular formula is C11H17NO3S. The molecule has 5 heteroatoms. The van der Waals surface area contributed by atoms with Crippen LogP contribution in [0, 0.1) is 0 Å². The highest BCUT2D eigenvalue weighted by molar-refractivity contribution is 7.10. The van der Waals surface area contributed by atoms with Gasteiger partial charge < -0.3 is 15.5 Å². The molecule has 4 nitrogen and oxygen atoms in total. The molecule has 16 heavy (non-hydrogen) atoms. The van der Waals surface area contributed by atoms with Gasteiger partial charge >= 0.3 is 5.97 Å². The number of thiophene rings is 1. The van der Waals surface area contributed by atoms with E-state index in [0.29, 0.717) is 18.2 Å². The van der Waals surface area contributed by atoms with Gasteiger partial charge in [0.15, 0.2) is 0 Å². The molecule has 0 aliphatic rings. The molecule has 1 aromatic rings. The van der Waals surface area contributed by atoms with Crippen molar-refractivity contribution in [2.24, 2.45) is 0 Å². The highest BCUT2D eigenvalue weighted by Gasteiger charge is 2.08. The summed E-state index contributed by atoms with van der Waals surface area (Å²) in [5.74, 6) is -0.884. The van der Waals surface area contributed by atoms with Crippen molar-refractivity contribution in [3.05, 3.63) is 21.9 Å². The van der Waals surface area contributed by atoms with Gasteiger partial charge in [0.05, 0.1) is 5.56 Å². The van der Waals surface area contributed by atoms with Crippen LogP contribution in [0.15, 0.2) is 11.4 Å². The van der Waals surface area contributed by atoms with Gasteiger partial charge in [0.25, 0.3) is 0 Å². The maximum absolute atomic E-state index is 10.7. The van der Waals surface area contributed by atoms with Gasteiger partial charge in [-0.2, -0.15) is 0 Å². The Bertz CT molecular complexity index is 338. The van der Waals surface area contributed by atoms with E-state index in [0.717, 1.165) is 17.7 Å². The van der Waals surface area contributed by atoms with E-state index in [1.54, 1.807) is 11.4 Å². The summed E-state index contributed by atoms with van der Waals surface area (Å²) < 4.78 is 0. The Kier molecular flexibility index (Phi) is 5.45. The lowest BCUT2D eigenvalue weighted by Gasteiger charge is -2.14. The third-order valence-electron chi connectivity index (χ3n) is 2.44. The van der Waals surface area contributed by atoms with Gasteiger partial charge in [0, 0.05) is 29.5 Å². The van der Waals surface area contributed by atoms with Gasteiger partial charge in [-0.05, 0) is 18.9 Å². The summed E-state index contributed by atoms with van der Waals surface area (Å²) in [4.78, 5) is 11.7. The number of carboxylic acid groups (broad SMARTS) is 1. The molecule has 0 saturated carbocycles. The van der Waals surface area contributed by atoms with Crippen LogP contribution in [0.2, 0.25) is 0 Å². The Labute approximate surface area is 98.9 Å². The minimum Gasteiger partial charge on any atom is -0.478 e. The number of rotatable bonds is 7. The fraction of sp³-hybridized carbons (Fsp3) is 0.545. The maximum atomic E-state index is 10.7. The van der Waals surface area contributed by atoms with Crippen molar-refractivity contribution in [1.29, 1.82) is 0 Å². The number of hydrogen-bond acceptors (Lipinski definition) is 4. The zero-order valence-electron chi connectivity index (χ0n) is 9.27. The highest BCUT2D eigenvalue weighted by Crippen LogP contribution is 2.15. The summed E-state index contributed by atoms with van der Waals surface area (Å²) in [6.45, 7) is 2.90. The molecule has 1 heterocycles. The van der Waals surface area contributed by atoms with E-state index in [4.69, 9.17) is 10.2 Å². The van der Waals surface area contributed by atoms with E-state index in [1.165, 1.54) is 11.3 Å². The Balaban J connectivity index is 2.44. The van der Waals surface area contributed by atoms with Gasteiger partial charge in [0.1, 0.15) is 0 Å². The van der Waals surface area contributed by atoms with Crippen LogP contribution in [0.5, 0.6) is 0 Å². The predicted octanol–water partition coefficient (Wildman–Crippen LogP) is 1.70. The number of aromatic carboxylic acids is 1. The summed E-state index contributed by atoms with van der Waals surface area (Å²) in [7, 11) is 0. The molecular weight excluding hydrogens is 226 g/mol. The largest absolute Gasteiger partial charge is 0.478 e. The maximum Gasteiger partial charge on any atom is 0.336 e. The average molecular weight is 243 g/mol. The van der Waals surface area contributed by atoms with Gasteiger partial charge in [-0.15, -0.1) is 11.3 Å². The number of aliphatic hydroxyl groups is 1. The van der Waals surface area contributed by atoms with Crippen molar-refractivity contribution >= 4 is 17.3 Å². The first kappa shape index (κ1) is 13.2. The lowest BCUT2D eigenvalue weighted by Crippen LogP contribution is -2.28. The number of hydrogen-bond donors (Lipinski definition) is 3. The van der Waals surface area contributed by atoms with Gasteiger partial charge in [-0.1, -0.05) is 6.92 Å². The zero-order valence-corrected chi connectivity index (χ0v) is 10.1. The molecule has 90 valence electrons. The van der Waals surface area contributed by atoms with Crippen molar-refractivity contribution in [2.75, 3.05) is 6.61 Å². The van der Waals surface area contributed by atoms with Crippen molar-refractivity contribution in [3.63, 3.8) is 0 Å². The van der Waals surface area contributed by atoms with Crippen LogP contribution < -0.4 is 5.32 Å². The summed E-state index contributed by atoms with van der Waals surface area (Å²) >= 11 is 1.44.